The molecule has 0 amide bonds. The molecule has 1 aliphatic heterocycles. The predicted molar refractivity (Wildman–Crippen MR) is 112 cm³/mol. The van der Waals surface area contributed by atoms with Crippen LogP contribution in [0, 0.1) is 0 Å². The van der Waals surface area contributed by atoms with Crippen molar-refractivity contribution in [3.63, 3.8) is 0 Å². The minimum Gasteiger partial charge on any atom is -0.478 e. The fraction of sp³-hybridized carbons (Fsp3) is 0.952. The fourth-order valence-electron chi connectivity index (χ4n) is 3.48. The molecular formula is C21H40O5S. The zero-order valence-electron chi connectivity index (χ0n) is 17.0. The highest BCUT2D eigenvalue weighted by Crippen LogP contribution is 2.20. The molecule has 1 saturated heterocycles. The highest BCUT2D eigenvalue weighted by molar-refractivity contribution is 7.80. The standard InChI is InChI=1S/C21H40O5S/c1-2-3-4-5-6-7-8-9-10-11-12-13-14-19(27)26-21-17(23)16-25-18(15-22)20(21)24/h17-18,20-24H,2-16H2,1H3/t17-,18+,20+,21+/m1/s1. The maximum atomic E-state index is 10.1. The number of rotatable bonds is 15. The number of thiocarbonyl (C=S) groups is 1. The second-order valence-corrected chi connectivity index (χ2v) is 8.16. The Balaban J connectivity index is 1.99. The maximum Gasteiger partial charge on any atom is 0.160 e. The molecule has 5 nitrogen and oxygen atoms in total. The van der Waals surface area contributed by atoms with E-state index in [9.17, 15) is 15.3 Å². The van der Waals surface area contributed by atoms with E-state index in [0.717, 1.165) is 12.8 Å². The van der Waals surface area contributed by atoms with Gasteiger partial charge in [-0.3, -0.25) is 0 Å². The van der Waals surface area contributed by atoms with E-state index in [4.69, 9.17) is 21.7 Å². The average molecular weight is 405 g/mol. The molecule has 1 rings (SSSR count). The Morgan fingerprint density at radius 1 is 0.926 bits per heavy atom. The number of aliphatic hydroxyl groups excluding tert-OH is 3. The smallest absolute Gasteiger partial charge is 0.160 e. The van der Waals surface area contributed by atoms with Crippen LogP contribution in [0.3, 0.4) is 0 Å². The molecule has 160 valence electrons. The first-order valence-corrected chi connectivity index (χ1v) is 11.3. The molecule has 0 aliphatic carbocycles. The van der Waals surface area contributed by atoms with Gasteiger partial charge in [-0.05, 0) is 18.6 Å². The molecule has 0 spiro atoms. The number of hydrogen-bond donors (Lipinski definition) is 3. The molecular weight excluding hydrogens is 364 g/mol. The summed E-state index contributed by atoms with van der Waals surface area (Å²) in [7, 11) is 0. The lowest BCUT2D eigenvalue weighted by Crippen LogP contribution is -2.55. The van der Waals surface area contributed by atoms with Gasteiger partial charge in [0.05, 0.1) is 13.2 Å². The highest BCUT2D eigenvalue weighted by atomic mass is 32.1. The third kappa shape index (κ3) is 10.7. The summed E-state index contributed by atoms with van der Waals surface area (Å²) in [5.41, 5.74) is 0. The first-order chi connectivity index (χ1) is 13.1. The normalized spacial score (nSPS) is 25.5. The van der Waals surface area contributed by atoms with Gasteiger partial charge in [-0.15, -0.1) is 0 Å². The van der Waals surface area contributed by atoms with Crippen LogP contribution in [0.4, 0.5) is 0 Å². The number of unbranched alkanes of at least 4 members (excludes halogenated alkanes) is 11. The van der Waals surface area contributed by atoms with E-state index in [1.54, 1.807) is 0 Å². The van der Waals surface area contributed by atoms with Crippen LogP contribution in [0.2, 0.25) is 0 Å². The lowest BCUT2D eigenvalue weighted by atomic mass is 10.0. The van der Waals surface area contributed by atoms with Gasteiger partial charge >= 0.3 is 0 Å². The molecule has 1 aliphatic rings. The van der Waals surface area contributed by atoms with Gasteiger partial charge in [0.2, 0.25) is 0 Å². The van der Waals surface area contributed by atoms with Crippen molar-refractivity contribution >= 4 is 17.3 Å². The van der Waals surface area contributed by atoms with Crippen molar-refractivity contribution in [2.75, 3.05) is 13.2 Å². The molecule has 0 unspecified atom stereocenters. The Bertz CT molecular complexity index is 380. The van der Waals surface area contributed by atoms with Crippen molar-refractivity contribution in [3.8, 4) is 0 Å². The fourth-order valence-corrected chi connectivity index (χ4v) is 3.74. The lowest BCUT2D eigenvalue weighted by Gasteiger charge is -2.37. The van der Waals surface area contributed by atoms with Crippen molar-refractivity contribution in [1.82, 2.24) is 0 Å². The summed E-state index contributed by atoms with van der Waals surface area (Å²) < 4.78 is 10.8. The molecule has 0 saturated carbocycles. The average Bonchev–Trinajstić information content (AvgIpc) is 2.66. The van der Waals surface area contributed by atoms with Crippen LogP contribution in [0.1, 0.15) is 90.4 Å². The van der Waals surface area contributed by atoms with E-state index in [0.29, 0.717) is 11.5 Å². The maximum absolute atomic E-state index is 10.1. The Morgan fingerprint density at radius 2 is 1.44 bits per heavy atom. The second kappa shape index (κ2) is 15.6. The van der Waals surface area contributed by atoms with Gasteiger partial charge in [0.25, 0.3) is 0 Å². The monoisotopic (exact) mass is 404 g/mol. The summed E-state index contributed by atoms with van der Waals surface area (Å²) in [6, 6.07) is 0. The molecule has 0 radical (unpaired) electrons. The van der Waals surface area contributed by atoms with Gasteiger partial charge in [-0.2, -0.15) is 0 Å². The zero-order valence-corrected chi connectivity index (χ0v) is 17.8. The third-order valence-electron chi connectivity index (χ3n) is 5.26. The summed E-state index contributed by atoms with van der Waals surface area (Å²) in [6.45, 7) is 1.98. The quantitative estimate of drug-likeness (QED) is 0.284. The summed E-state index contributed by atoms with van der Waals surface area (Å²) in [4.78, 5) is 0. The van der Waals surface area contributed by atoms with Crippen molar-refractivity contribution < 1.29 is 24.8 Å². The van der Waals surface area contributed by atoms with Crippen molar-refractivity contribution in [2.45, 2.75) is 115 Å². The molecule has 27 heavy (non-hydrogen) atoms. The highest BCUT2D eigenvalue weighted by Gasteiger charge is 2.40. The van der Waals surface area contributed by atoms with Crippen molar-refractivity contribution in [2.24, 2.45) is 0 Å². The first-order valence-electron chi connectivity index (χ1n) is 10.9. The van der Waals surface area contributed by atoms with E-state index in [2.05, 4.69) is 6.92 Å². The number of aliphatic hydroxyl groups is 3. The van der Waals surface area contributed by atoms with Gasteiger partial charge in [0.1, 0.15) is 18.3 Å². The van der Waals surface area contributed by atoms with Crippen LogP contribution in [-0.4, -0.2) is 58.0 Å². The van der Waals surface area contributed by atoms with Crippen LogP contribution in [-0.2, 0) is 9.47 Å². The molecule has 0 aromatic carbocycles. The summed E-state index contributed by atoms with van der Waals surface area (Å²) in [5, 5.41) is 29.6. The molecule has 1 fully saturated rings. The summed E-state index contributed by atoms with van der Waals surface area (Å²) in [5.74, 6) is 0. The summed E-state index contributed by atoms with van der Waals surface area (Å²) >= 11 is 5.25. The van der Waals surface area contributed by atoms with Crippen LogP contribution in [0.25, 0.3) is 0 Å². The Kier molecular flexibility index (Phi) is 14.3. The van der Waals surface area contributed by atoms with E-state index in [1.807, 2.05) is 0 Å². The van der Waals surface area contributed by atoms with E-state index in [-0.39, 0.29) is 13.2 Å². The topological polar surface area (TPSA) is 79.2 Å². The minimum absolute atomic E-state index is 0.0359. The Labute approximate surface area is 170 Å². The molecule has 0 aromatic heterocycles. The molecule has 1 heterocycles. The lowest BCUT2D eigenvalue weighted by molar-refractivity contribution is -0.190. The van der Waals surface area contributed by atoms with Gasteiger partial charge in [-0.25, -0.2) is 0 Å². The molecule has 6 heteroatoms. The van der Waals surface area contributed by atoms with E-state index in [1.165, 1.54) is 64.2 Å². The van der Waals surface area contributed by atoms with E-state index < -0.39 is 24.4 Å². The van der Waals surface area contributed by atoms with Crippen LogP contribution >= 0.6 is 12.2 Å². The van der Waals surface area contributed by atoms with Gasteiger partial charge < -0.3 is 24.8 Å². The zero-order chi connectivity index (χ0) is 19.9. The SMILES string of the molecule is CCCCCCCCCCCCCCC(=S)O[C@@H]1[C@@H](O)[C@H](CO)OC[C@H]1O. The van der Waals surface area contributed by atoms with Crippen LogP contribution < -0.4 is 0 Å². The Morgan fingerprint density at radius 3 is 1.96 bits per heavy atom. The molecule has 4 atom stereocenters. The second-order valence-electron chi connectivity index (χ2n) is 7.71. The molecule has 0 aromatic rings. The largest absolute Gasteiger partial charge is 0.478 e. The predicted octanol–water partition coefficient (Wildman–Crippen LogP) is 3.90. The van der Waals surface area contributed by atoms with Crippen molar-refractivity contribution in [3.05, 3.63) is 0 Å². The van der Waals surface area contributed by atoms with Crippen LogP contribution in [0.15, 0.2) is 0 Å². The minimum atomic E-state index is -1.07. The van der Waals surface area contributed by atoms with Gasteiger partial charge in [0.15, 0.2) is 11.2 Å². The summed E-state index contributed by atoms with van der Waals surface area (Å²) in [6.07, 6.45) is 12.6. The number of hydrogen-bond acceptors (Lipinski definition) is 6. The van der Waals surface area contributed by atoms with E-state index >= 15 is 0 Å². The van der Waals surface area contributed by atoms with Gasteiger partial charge in [-0.1, -0.05) is 77.6 Å². The van der Waals surface area contributed by atoms with Crippen molar-refractivity contribution in [1.29, 1.82) is 0 Å². The molecule has 3 N–H and O–H groups in total. The number of ether oxygens (including phenoxy) is 2. The van der Waals surface area contributed by atoms with Gasteiger partial charge in [0, 0.05) is 6.42 Å². The molecule has 0 bridgehead atoms. The third-order valence-corrected chi connectivity index (χ3v) is 5.56. The first kappa shape index (κ1) is 24.8. The van der Waals surface area contributed by atoms with Crippen LogP contribution in [0.5, 0.6) is 0 Å². The Hall–Kier alpha value is -0.270.